The van der Waals surface area contributed by atoms with Gasteiger partial charge in [0.25, 0.3) is 0 Å². The van der Waals surface area contributed by atoms with E-state index in [1.54, 1.807) is 18.3 Å². The maximum absolute atomic E-state index is 11.7. The molecule has 1 aromatic carbocycles. The molecule has 1 aliphatic heterocycles. The number of nitrogens with one attached hydrogen (secondary N) is 2. The molecule has 1 aliphatic rings. The monoisotopic (exact) mass is 388 g/mol. The average Bonchev–Trinajstić information content (AvgIpc) is 3.26. The van der Waals surface area contributed by atoms with Gasteiger partial charge >= 0.3 is 0 Å². The summed E-state index contributed by atoms with van der Waals surface area (Å²) in [6, 6.07) is 7.29. The largest absolute Gasteiger partial charge is 0.495 e. The van der Waals surface area contributed by atoms with Crippen LogP contribution in [0.1, 0.15) is 5.69 Å². The first kappa shape index (κ1) is 17.6. The highest BCUT2D eigenvalue weighted by molar-refractivity contribution is 7.92. The summed E-state index contributed by atoms with van der Waals surface area (Å²) in [6.07, 6.45) is 4.61. The van der Waals surface area contributed by atoms with Gasteiger partial charge in [-0.05, 0) is 24.3 Å². The Morgan fingerprint density at radius 2 is 2.15 bits per heavy atom. The van der Waals surface area contributed by atoms with Gasteiger partial charge < -0.3 is 10.1 Å². The molecule has 0 bridgehead atoms. The highest BCUT2D eigenvalue weighted by Crippen LogP contribution is 2.30. The van der Waals surface area contributed by atoms with Crippen LogP contribution < -0.4 is 14.8 Å². The summed E-state index contributed by atoms with van der Waals surface area (Å²) in [5, 5.41) is 7.97. The fourth-order valence-electron chi connectivity index (χ4n) is 3.13. The van der Waals surface area contributed by atoms with Crippen molar-refractivity contribution in [1.29, 1.82) is 0 Å². The van der Waals surface area contributed by atoms with Gasteiger partial charge in [0.1, 0.15) is 11.4 Å². The third kappa shape index (κ3) is 3.53. The maximum atomic E-state index is 11.7. The molecule has 0 radical (unpaired) electrons. The summed E-state index contributed by atoms with van der Waals surface area (Å²) in [4.78, 5) is 4.45. The summed E-state index contributed by atoms with van der Waals surface area (Å²) in [5.74, 6) is 1.13. The maximum Gasteiger partial charge on any atom is 0.229 e. The van der Waals surface area contributed by atoms with Gasteiger partial charge in [0.05, 0.1) is 31.3 Å². The number of ether oxygens (including phenoxy) is 1. The predicted molar refractivity (Wildman–Crippen MR) is 102 cm³/mol. The highest BCUT2D eigenvalue weighted by Gasteiger charge is 2.18. The predicted octanol–water partition coefficient (Wildman–Crippen LogP) is 1.22. The summed E-state index contributed by atoms with van der Waals surface area (Å²) >= 11 is 0. The van der Waals surface area contributed by atoms with Crippen molar-refractivity contribution in [3.05, 3.63) is 42.4 Å². The molecule has 3 aromatic rings. The molecule has 4 rings (SSSR count). The standard InChI is InChI=1S/C17H20N6O3S/c1-26-16-4-3-12(9-14(16)21-27(2,24)25)22-7-6-19-17(22)15-10-13-11-18-5-8-23(13)20-15/h3-4,6-7,9-10,18,21H,5,8,11H2,1-2H3. The molecular weight excluding hydrogens is 368 g/mol. The first-order valence-electron chi connectivity index (χ1n) is 8.42. The SMILES string of the molecule is COc1ccc(-n2ccnc2-c2cc3n(n2)CCNC3)cc1NS(C)(=O)=O. The molecule has 0 fully saturated rings. The molecule has 10 heteroatoms. The first-order chi connectivity index (χ1) is 12.9. The molecule has 0 unspecified atom stereocenters. The van der Waals surface area contributed by atoms with E-state index in [0.717, 1.165) is 43.0 Å². The zero-order valence-electron chi connectivity index (χ0n) is 15.0. The lowest BCUT2D eigenvalue weighted by atomic mass is 10.2. The Kier molecular flexibility index (Phi) is 4.36. The third-order valence-electron chi connectivity index (χ3n) is 4.30. The number of imidazole rings is 1. The Morgan fingerprint density at radius 3 is 2.89 bits per heavy atom. The van der Waals surface area contributed by atoms with Crippen LogP contribution in [-0.2, 0) is 23.1 Å². The van der Waals surface area contributed by atoms with Crippen molar-refractivity contribution >= 4 is 15.7 Å². The van der Waals surface area contributed by atoms with E-state index in [2.05, 4.69) is 20.1 Å². The lowest BCUT2D eigenvalue weighted by Crippen LogP contribution is -2.28. The van der Waals surface area contributed by atoms with E-state index in [9.17, 15) is 8.42 Å². The van der Waals surface area contributed by atoms with Crippen LogP contribution >= 0.6 is 0 Å². The Morgan fingerprint density at radius 1 is 1.30 bits per heavy atom. The van der Waals surface area contributed by atoms with Crippen molar-refractivity contribution in [1.82, 2.24) is 24.6 Å². The van der Waals surface area contributed by atoms with Crippen molar-refractivity contribution in [2.45, 2.75) is 13.1 Å². The summed E-state index contributed by atoms with van der Waals surface area (Å²) in [5.41, 5.74) is 3.00. The highest BCUT2D eigenvalue weighted by atomic mass is 32.2. The Hall–Kier alpha value is -2.85. The molecule has 27 heavy (non-hydrogen) atoms. The molecule has 0 spiro atoms. The van der Waals surface area contributed by atoms with Gasteiger partial charge in [0, 0.05) is 31.2 Å². The number of nitrogens with zero attached hydrogens (tertiary/aromatic N) is 4. The molecule has 142 valence electrons. The molecule has 0 aliphatic carbocycles. The van der Waals surface area contributed by atoms with Crippen LogP contribution in [0.3, 0.4) is 0 Å². The van der Waals surface area contributed by atoms with Crippen molar-refractivity contribution in [2.24, 2.45) is 0 Å². The Labute approximate surface area is 157 Å². The van der Waals surface area contributed by atoms with Crippen LogP contribution in [0.15, 0.2) is 36.7 Å². The van der Waals surface area contributed by atoms with E-state index in [1.807, 2.05) is 27.6 Å². The average molecular weight is 388 g/mol. The normalized spacial score (nSPS) is 14.0. The number of aromatic nitrogens is 4. The minimum Gasteiger partial charge on any atom is -0.495 e. The summed E-state index contributed by atoms with van der Waals surface area (Å²) in [6.45, 7) is 2.49. The lowest BCUT2D eigenvalue weighted by Gasteiger charge is -2.13. The second-order valence-electron chi connectivity index (χ2n) is 6.30. The quantitative estimate of drug-likeness (QED) is 0.681. The van der Waals surface area contributed by atoms with E-state index >= 15 is 0 Å². The van der Waals surface area contributed by atoms with Crippen molar-refractivity contribution in [3.63, 3.8) is 0 Å². The molecule has 2 aromatic heterocycles. The van der Waals surface area contributed by atoms with Gasteiger partial charge in [-0.1, -0.05) is 0 Å². The molecule has 9 nitrogen and oxygen atoms in total. The van der Waals surface area contributed by atoms with Crippen LogP contribution in [0.25, 0.3) is 17.2 Å². The number of methoxy groups -OCH3 is 1. The first-order valence-corrected chi connectivity index (χ1v) is 10.3. The minimum absolute atomic E-state index is 0.366. The summed E-state index contributed by atoms with van der Waals surface area (Å²) in [7, 11) is -1.94. The number of benzene rings is 1. The number of rotatable bonds is 5. The van der Waals surface area contributed by atoms with Crippen LogP contribution in [0.2, 0.25) is 0 Å². The smallest absolute Gasteiger partial charge is 0.229 e. The van der Waals surface area contributed by atoms with Gasteiger partial charge in [-0.2, -0.15) is 5.10 Å². The zero-order valence-corrected chi connectivity index (χ0v) is 15.8. The summed E-state index contributed by atoms with van der Waals surface area (Å²) < 4.78 is 34.9. The van der Waals surface area contributed by atoms with E-state index in [4.69, 9.17) is 4.74 Å². The van der Waals surface area contributed by atoms with E-state index in [0.29, 0.717) is 17.3 Å². The minimum atomic E-state index is -3.44. The topological polar surface area (TPSA) is 103 Å². The molecule has 0 saturated heterocycles. The van der Waals surface area contributed by atoms with E-state index in [-0.39, 0.29) is 0 Å². The fourth-order valence-corrected chi connectivity index (χ4v) is 3.69. The molecular formula is C17H20N6O3S. The van der Waals surface area contributed by atoms with Crippen molar-refractivity contribution in [3.8, 4) is 23.0 Å². The fraction of sp³-hybridized carbons (Fsp3) is 0.294. The molecule has 0 atom stereocenters. The molecule has 3 heterocycles. The Balaban J connectivity index is 1.76. The van der Waals surface area contributed by atoms with Gasteiger partial charge in [-0.25, -0.2) is 13.4 Å². The number of fused-ring (bicyclic) bond motifs is 1. The van der Waals surface area contributed by atoms with Gasteiger partial charge in [-0.15, -0.1) is 0 Å². The van der Waals surface area contributed by atoms with Crippen LogP contribution in [-0.4, -0.2) is 47.7 Å². The molecule has 0 amide bonds. The van der Waals surface area contributed by atoms with Crippen LogP contribution in [0.5, 0.6) is 5.75 Å². The van der Waals surface area contributed by atoms with Crippen LogP contribution in [0.4, 0.5) is 5.69 Å². The van der Waals surface area contributed by atoms with Crippen LogP contribution in [0, 0.1) is 0 Å². The number of sulfonamides is 1. The number of hydrogen-bond donors (Lipinski definition) is 2. The molecule has 0 saturated carbocycles. The number of anilines is 1. The van der Waals surface area contributed by atoms with E-state index < -0.39 is 10.0 Å². The van der Waals surface area contributed by atoms with Gasteiger partial charge in [0.15, 0.2) is 5.82 Å². The van der Waals surface area contributed by atoms with Gasteiger partial charge in [0.2, 0.25) is 10.0 Å². The zero-order chi connectivity index (χ0) is 19.0. The van der Waals surface area contributed by atoms with Crippen molar-refractivity contribution < 1.29 is 13.2 Å². The molecule has 2 N–H and O–H groups in total. The Bertz CT molecular complexity index is 1060. The number of hydrogen-bond acceptors (Lipinski definition) is 6. The van der Waals surface area contributed by atoms with E-state index in [1.165, 1.54) is 7.11 Å². The third-order valence-corrected chi connectivity index (χ3v) is 4.89. The van der Waals surface area contributed by atoms with Gasteiger partial charge in [-0.3, -0.25) is 14.0 Å². The second kappa shape index (κ2) is 6.71. The van der Waals surface area contributed by atoms with Crippen molar-refractivity contribution in [2.75, 3.05) is 24.6 Å². The second-order valence-corrected chi connectivity index (χ2v) is 8.05. The lowest BCUT2D eigenvalue weighted by molar-refractivity contribution is 0.417.